The van der Waals surface area contributed by atoms with Gasteiger partial charge in [-0.3, -0.25) is 13.9 Å². The summed E-state index contributed by atoms with van der Waals surface area (Å²) < 4.78 is 44.6. The molecule has 4 aromatic carbocycles. The van der Waals surface area contributed by atoms with Crippen molar-refractivity contribution in [1.29, 1.82) is 0 Å². The second-order valence-electron chi connectivity index (χ2n) is 9.93. The molecule has 2 N–H and O–H groups in total. The van der Waals surface area contributed by atoms with Crippen LogP contribution in [0.1, 0.15) is 16.7 Å². The summed E-state index contributed by atoms with van der Waals surface area (Å²) >= 11 is 0. The van der Waals surface area contributed by atoms with Crippen LogP contribution in [0.25, 0.3) is 0 Å². The summed E-state index contributed by atoms with van der Waals surface area (Å²) in [6.07, 6.45) is 1.40. The first-order valence-corrected chi connectivity index (χ1v) is 15.3. The van der Waals surface area contributed by atoms with Gasteiger partial charge in [-0.05, 0) is 80.1 Å². The average molecular weight is 631 g/mol. The van der Waals surface area contributed by atoms with Gasteiger partial charge in [0.1, 0.15) is 23.8 Å². The molecule has 0 bridgehead atoms. The van der Waals surface area contributed by atoms with Crippen molar-refractivity contribution in [1.82, 2.24) is 5.43 Å². The zero-order chi connectivity index (χ0) is 32.4. The van der Waals surface area contributed by atoms with Crippen molar-refractivity contribution < 1.29 is 32.2 Å². The van der Waals surface area contributed by atoms with E-state index in [2.05, 4.69) is 15.8 Å². The molecule has 0 heterocycles. The standard InChI is InChI=1S/C33H34N4O7S/c1-23-5-11-26(12-6-23)35-33(39)22-44-27-13-9-25(10-14-27)20-34-36-32(38)21-37(30-18-15-28(42-3)19-31(30)43-4)45(40,41)29-16-7-24(2)8-17-29/h5-20H,21-22H2,1-4H3,(H,35,39)(H,36,38)/b34-20-. The smallest absolute Gasteiger partial charge is 0.264 e. The second kappa shape index (κ2) is 14.9. The van der Waals surface area contributed by atoms with Crippen molar-refractivity contribution in [2.75, 3.05) is 37.0 Å². The number of rotatable bonds is 13. The Morgan fingerprint density at radius 3 is 2.04 bits per heavy atom. The molecule has 0 aliphatic heterocycles. The maximum Gasteiger partial charge on any atom is 0.264 e. The SMILES string of the molecule is COc1ccc(N(CC(=O)N/N=C\c2ccc(OCC(=O)Nc3ccc(C)cc3)cc2)S(=O)(=O)c2ccc(C)cc2)c(OC)c1. The number of aryl methyl sites for hydroxylation is 2. The monoisotopic (exact) mass is 630 g/mol. The van der Waals surface area contributed by atoms with Crippen LogP contribution in [0.2, 0.25) is 0 Å². The molecular formula is C33H34N4O7S. The molecule has 0 radical (unpaired) electrons. The molecule has 4 rings (SSSR count). The number of amides is 2. The molecule has 2 amide bonds. The Balaban J connectivity index is 1.40. The molecule has 234 valence electrons. The number of methoxy groups -OCH3 is 2. The number of ether oxygens (including phenoxy) is 3. The minimum Gasteiger partial charge on any atom is -0.497 e. The molecule has 0 aliphatic carbocycles. The Bertz CT molecular complexity index is 1760. The number of nitrogens with zero attached hydrogens (tertiary/aromatic N) is 2. The lowest BCUT2D eigenvalue weighted by molar-refractivity contribution is -0.119. The van der Waals surface area contributed by atoms with E-state index in [1.165, 1.54) is 44.7 Å². The van der Waals surface area contributed by atoms with E-state index in [0.717, 1.165) is 15.4 Å². The minimum absolute atomic E-state index is 0.0113. The van der Waals surface area contributed by atoms with E-state index < -0.39 is 22.5 Å². The first-order chi connectivity index (χ1) is 21.6. The van der Waals surface area contributed by atoms with E-state index in [1.807, 2.05) is 38.1 Å². The number of hydrazone groups is 1. The molecule has 0 aromatic heterocycles. The highest BCUT2D eigenvalue weighted by molar-refractivity contribution is 7.92. The highest BCUT2D eigenvalue weighted by Gasteiger charge is 2.29. The Morgan fingerprint density at radius 1 is 0.800 bits per heavy atom. The highest BCUT2D eigenvalue weighted by Crippen LogP contribution is 2.35. The third-order valence-corrected chi connectivity index (χ3v) is 8.31. The van der Waals surface area contributed by atoms with Crippen LogP contribution in [0.3, 0.4) is 0 Å². The van der Waals surface area contributed by atoms with Gasteiger partial charge in [0.05, 0.1) is 31.0 Å². The summed E-state index contributed by atoms with van der Waals surface area (Å²) in [4.78, 5) is 25.2. The number of nitrogens with one attached hydrogen (secondary N) is 2. The van der Waals surface area contributed by atoms with Crippen molar-refractivity contribution >= 4 is 39.4 Å². The first-order valence-electron chi connectivity index (χ1n) is 13.8. The lowest BCUT2D eigenvalue weighted by Crippen LogP contribution is -2.39. The zero-order valence-corrected chi connectivity index (χ0v) is 26.1. The van der Waals surface area contributed by atoms with E-state index in [4.69, 9.17) is 14.2 Å². The fourth-order valence-corrected chi connectivity index (χ4v) is 5.54. The topological polar surface area (TPSA) is 136 Å². The molecule has 0 saturated heterocycles. The van der Waals surface area contributed by atoms with Gasteiger partial charge in [0, 0.05) is 11.8 Å². The summed E-state index contributed by atoms with van der Waals surface area (Å²) in [7, 11) is -1.30. The number of carbonyl (C=O) groups is 2. The van der Waals surface area contributed by atoms with Crippen molar-refractivity contribution in [2.24, 2.45) is 5.10 Å². The maximum absolute atomic E-state index is 13.7. The van der Waals surface area contributed by atoms with Gasteiger partial charge in [0.15, 0.2) is 6.61 Å². The van der Waals surface area contributed by atoms with Crippen LogP contribution in [0, 0.1) is 13.8 Å². The first kappa shape index (κ1) is 32.6. The Labute approximate surface area is 262 Å². The number of sulfonamides is 1. The summed E-state index contributed by atoms with van der Waals surface area (Å²) in [5.74, 6) is 0.161. The summed E-state index contributed by atoms with van der Waals surface area (Å²) in [6, 6.07) is 25.1. The van der Waals surface area contributed by atoms with Gasteiger partial charge >= 0.3 is 0 Å². The Kier molecular flexibility index (Phi) is 10.8. The highest BCUT2D eigenvalue weighted by atomic mass is 32.2. The van der Waals surface area contributed by atoms with Crippen LogP contribution in [-0.2, 0) is 19.6 Å². The largest absolute Gasteiger partial charge is 0.497 e. The van der Waals surface area contributed by atoms with Gasteiger partial charge in [0.25, 0.3) is 21.8 Å². The Hall–Kier alpha value is -5.36. The molecule has 0 saturated carbocycles. The van der Waals surface area contributed by atoms with Crippen molar-refractivity contribution in [2.45, 2.75) is 18.7 Å². The molecule has 12 heteroatoms. The molecule has 0 fully saturated rings. The van der Waals surface area contributed by atoms with Crippen LogP contribution in [0.4, 0.5) is 11.4 Å². The normalized spacial score (nSPS) is 11.1. The van der Waals surface area contributed by atoms with Crippen LogP contribution in [-0.4, -0.2) is 53.8 Å². The summed E-state index contributed by atoms with van der Waals surface area (Å²) in [5.41, 5.74) is 5.83. The maximum atomic E-state index is 13.7. The van der Waals surface area contributed by atoms with Crippen molar-refractivity contribution in [3.63, 3.8) is 0 Å². The van der Waals surface area contributed by atoms with Gasteiger partial charge in [-0.2, -0.15) is 5.10 Å². The van der Waals surface area contributed by atoms with Gasteiger partial charge in [-0.15, -0.1) is 0 Å². The predicted molar refractivity (Wildman–Crippen MR) is 173 cm³/mol. The third-order valence-electron chi connectivity index (χ3n) is 6.54. The van der Waals surface area contributed by atoms with E-state index in [0.29, 0.717) is 22.7 Å². The molecule has 11 nitrogen and oxygen atoms in total. The minimum atomic E-state index is -4.17. The van der Waals surface area contributed by atoms with Crippen molar-refractivity contribution in [3.05, 3.63) is 108 Å². The number of benzene rings is 4. The van der Waals surface area contributed by atoms with Gasteiger partial charge < -0.3 is 19.5 Å². The third kappa shape index (κ3) is 8.83. The molecule has 45 heavy (non-hydrogen) atoms. The van der Waals surface area contributed by atoms with Gasteiger partial charge in [-0.25, -0.2) is 13.8 Å². The van der Waals surface area contributed by atoms with Crippen LogP contribution < -0.4 is 29.3 Å². The van der Waals surface area contributed by atoms with E-state index >= 15 is 0 Å². The molecular weight excluding hydrogens is 596 g/mol. The van der Waals surface area contributed by atoms with E-state index in [-0.39, 0.29) is 28.8 Å². The molecule has 0 spiro atoms. The predicted octanol–water partition coefficient (Wildman–Crippen LogP) is 4.68. The fraction of sp³-hybridized carbons (Fsp3) is 0.182. The molecule has 4 aromatic rings. The van der Waals surface area contributed by atoms with E-state index in [9.17, 15) is 18.0 Å². The number of hydrogen-bond donors (Lipinski definition) is 2. The lowest BCUT2D eigenvalue weighted by atomic mass is 10.2. The number of anilines is 2. The van der Waals surface area contributed by atoms with E-state index in [1.54, 1.807) is 42.5 Å². The van der Waals surface area contributed by atoms with Gasteiger partial charge in [-0.1, -0.05) is 35.4 Å². The summed E-state index contributed by atoms with van der Waals surface area (Å²) in [5, 5.41) is 6.75. The lowest BCUT2D eigenvalue weighted by Gasteiger charge is -2.25. The van der Waals surface area contributed by atoms with Gasteiger partial charge in [0.2, 0.25) is 0 Å². The summed E-state index contributed by atoms with van der Waals surface area (Å²) in [6.45, 7) is 3.07. The number of carbonyl (C=O) groups excluding carboxylic acids is 2. The fourth-order valence-electron chi connectivity index (χ4n) is 4.11. The van der Waals surface area contributed by atoms with Crippen molar-refractivity contribution in [3.8, 4) is 17.2 Å². The molecule has 0 unspecified atom stereocenters. The van der Waals surface area contributed by atoms with Crippen LogP contribution >= 0.6 is 0 Å². The Morgan fingerprint density at radius 2 is 1.42 bits per heavy atom. The second-order valence-corrected chi connectivity index (χ2v) is 11.8. The zero-order valence-electron chi connectivity index (χ0n) is 25.3. The molecule has 0 aliphatic rings. The van der Waals surface area contributed by atoms with Crippen LogP contribution in [0.5, 0.6) is 17.2 Å². The molecule has 0 atom stereocenters. The quantitative estimate of drug-likeness (QED) is 0.162. The number of hydrogen-bond acceptors (Lipinski definition) is 8. The average Bonchev–Trinajstić information content (AvgIpc) is 3.04. The van der Waals surface area contributed by atoms with Crippen LogP contribution in [0.15, 0.2) is 101 Å².